The minimum Gasteiger partial charge on any atom is -0.508 e. The van der Waals surface area contributed by atoms with Gasteiger partial charge in [0.2, 0.25) is 24.0 Å². The molecule has 1 aromatic carbocycles. The van der Waals surface area contributed by atoms with E-state index < -0.39 is 90.2 Å². The van der Waals surface area contributed by atoms with E-state index >= 15 is 0 Å². The molecule has 0 bridgehead atoms. The van der Waals surface area contributed by atoms with Crippen molar-refractivity contribution in [2.45, 2.75) is 91.7 Å². The molecule has 5 rings (SSSR count). The van der Waals surface area contributed by atoms with Crippen molar-refractivity contribution >= 4 is 51.3 Å². The van der Waals surface area contributed by atoms with E-state index in [1.54, 1.807) is 13.8 Å². The van der Waals surface area contributed by atoms with Gasteiger partial charge >= 0.3 is 11.9 Å². The van der Waals surface area contributed by atoms with E-state index in [-0.39, 0.29) is 12.2 Å². The number of hydrogen-bond donors (Lipinski definition) is 3. The molecule has 4 heterocycles. The summed E-state index contributed by atoms with van der Waals surface area (Å²) in [5.74, 6) is -3.48. The number of amides is 3. The third-order valence-electron chi connectivity index (χ3n) is 8.26. The molecule has 0 saturated carbocycles. The molecule has 0 aromatic heterocycles. The van der Waals surface area contributed by atoms with E-state index in [9.17, 15) is 37.5 Å². The van der Waals surface area contributed by atoms with Gasteiger partial charge in [-0.25, -0.2) is 18.0 Å². The fraction of sp³-hybridized carbons (Fsp3) is 0.577. The first-order chi connectivity index (χ1) is 19.4. The highest BCUT2D eigenvalue weighted by Gasteiger charge is 2.68. The molecule has 16 heteroatoms. The average molecular weight is 625 g/mol. The number of sulfone groups is 1. The quantitative estimate of drug-likeness (QED) is 0.200. The lowest BCUT2D eigenvalue weighted by molar-refractivity contribution is -0.196. The van der Waals surface area contributed by atoms with Crippen LogP contribution in [0.3, 0.4) is 0 Å². The third kappa shape index (κ3) is 4.41. The second-order valence-electron chi connectivity index (χ2n) is 11.8. The van der Waals surface area contributed by atoms with Gasteiger partial charge in [0.05, 0.1) is 11.2 Å². The molecule has 1 aromatic rings. The normalized spacial score (nSPS) is 31.1. The van der Waals surface area contributed by atoms with Gasteiger partial charge in [0.25, 0.3) is 0 Å². The first-order valence-electron chi connectivity index (χ1n) is 13.2. The number of hydrogen-bond acceptors (Lipinski definition) is 12. The Bertz CT molecular complexity index is 1480. The Labute approximate surface area is 246 Å². The summed E-state index contributed by atoms with van der Waals surface area (Å²) < 4.78 is 33.8. The fourth-order valence-electron chi connectivity index (χ4n) is 5.89. The Kier molecular flexibility index (Phi) is 7.05. The standard InChI is InChI=1S/C26H32N4O10S2/c1-11(40-24(36)19-26(4,5)42(37,38)15-10-14(32)29(15)19)39-23(35)18-25(2,3)41-22-17(21(34)30(18)22)28-20(33)16(27)12-6-8-13(31)9-7-12/h6-9,11,15-19,22,31H,10,27H2,1-5H3,(H,28,33)/t11?,15-,16?,17-,18+,19+,22-/m1/s1. The molecule has 0 aliphatic carbocycles. The Balaban J connectivity index is 1.22. The predicted octanol–water partition coefficient (Wildman–Crippen LogP) is -0.494. The van der Waals surface area contributed by atoms with E-state index in [2.05, 4.69) is 5.32 Å². The van der Waals surface area contributed by atoms with Crippen LogP contribution < -0.4 is 11.1 Å². The lowest BCUT2D eigenvalue weighted by atomic mass is 9.95. The summed E-state index contributed by atoms with van der Waals surface area (Å²) in [6.45, 7) is 7.43. The van der Waals surface area contributed by atoms with Crippen LogP contribution >= 0.6 is 11.8 Å². The number of phenolic OH excluding ortho intramolecular Hbond substituents is 1. The van der Waals surface area contributed by atoms with Gasteiger partial charge in [-0.15, -0.1) is 11.8 Å². The molecule has 4 fully saturated rings. The molecule has 4 N–H and O–H groups in total. The number of rotatable bonds is 7. The van der Waals surface area contributed by atoms with Gasteiger partial charge in [-0.3, -0.25) is 14.4 Å². The Morgan fingerprint density at radius 3 is 2.19 bits per heavy atom. The van der Waals surface area contributed by atoms with Crippen LogP contribution in [0.4, 0.5) is 0 Å². The first-order valence-corrected chi connectivity index (χ1v) is 15.6. The van der Waals surface area contributed by atoms with Gasteiger partial charge in [0.15, 0.2) is 9.84 Å². The summed E-state index contributed by atoms with van der Waals surface area (Å²) in [7, 11) is -3.83. The maximum atomic E-state index is 13.3. The lowest BCUT2D eigenvalue weighted by Gasteiger charge is -2.44. The number of phenols is 1. The highest BCUT2D eigenvalue weighted by Crippen LogP contribution is 2.51. The fourth-order valence-corrected chi connectivity index (χ4v) is 9.64. The number of fused-ring (bicyclic) bond motifs is 2. The zero-order valence-corrected chi connectivity index (χ0v) is 25.1. The molecule has 42 heavy (non-hydrogen) atoms. The molecule has 4 aliphatic heterocycles. The summed E-state index contributed by atoms with van der Waals surface area (Å²) in [6.07, 6.45) is -1.65. The first kappa shape index (κ1) is 30.1. The maximum absolute atomic E-state index is 13.3. The number of carbonyl (C=O) groups is 5. The van der Waals surface area contributed by atoms with Crippen molar-refractivity contribution in [1.82, 2.24) is 15.1 Å². The number of nitrogens with zero attached hydrogens (tertiary/aromatic N) is 2. The number of nitrogens with one attached hydrogen (secondary N) is 1. The monoisotopic (exact) mass is 624 g/mol. The lowest BCUT2D eigenvalue weighted by Crippen LogP contribution is -2.71. The minimum absolute atomic E-state index is 0.0120. The Morgan fingerprint density at radius 1 is 1.05 bits per heavy atom. The zero-order chi connectivity index (χ0) is 31.1. The van der Waals surface area contributed by atoms with Crippen molar-refractivity contribution in [1.29, 1.82) is 0 Å². The summed E-state index contributed by atoms with van der Waals surface area (Å²) in [5.41, 5.74) is 6.47. The molecule has 4 aliphatic rings. The molecule has 2 unspecified atom stereocenters. The number of carbonyl (C=O) groups excluding carboxylic acids is 5. The molecule has 0 spiro atoms. The molecule has 7 atom stereocenters. The SMILES string of the molecule is CC(OC(=O)[C@@H]1N2C(=O)[C@@H](NC(=O)C(N)c3ccc(O)cc3)[C@H]2SC1(C)C)OC(=O)[C@@H]1N2C(=O)C[C@H]2S(=O)(=O)C1(C)C. The third-order valence-corrected chi connectivity index (χ3v) is 12.6. The number of ether oxygens (including phenoxy) is 2. The number of benzene rings is 1. The molecule has 228 valence electrons. The summed E-state index contributed by atoms with van der Waals surface area (Å²) in [5, 5.41) is 10.4. The van der Waals surface area contributed by atoms with Crippen molar-refractivity contribution < 1.29 is 47.0 Å². The van der Waals surface area contributed by atoms with E-state index in [4.69, 9.17) is 15.2 Å². The molecular formula is C26H32N4O10S2. The Hall–Kier alpha value is -3.37. The van der Waals surface area contributed by atoms with Crippen molar-refractivity contribution in [2.75, 3.05) is 0 Å². The van der Waals surface area contributed by atoms with E-state index in [1.165, 1.54) is 61.7 Å². The van der Waals surface area contributed by atoms with Crippen LogP contribution in [0.2, 0.25) is 0 Å². The van der Waals surface area contributed by atoms with Crippen LogP contribution in [-0.2, 0) is 43.3 Å². The second-order valence-corrected chi connectivity index (χ2v) is 16.2. The van der Waals surface area contributed by atoms with Gasteiger partial charge in [-0.2, -0.15) is 0 Å². The summed E-state index contributed by atoms with van der Waals surface area (Å²) in [4.78, 5) is 66.6. The molecule has 3 amide bonds. The second kappa shape index (κ2) is 9.84. The van der Waals surface area contributed by atoms with Crippen LogP contribution in [-0.4, -0.2) is 97.6 Å². The van der Waals surface area contributed by atoms with E-state index in [0.29, 0.717) is 5.56 Å². The highest BCUT2D eigenvalue weighted by molar-refractivity contribution is 8.01. The molecule has 4 saturated heterocycles. The molecular weight excluding hydrogens is 592 g/mol. The van der Waals surface area contributed by atoms with Crippen LogP contribution in [0.1, 0.15) is 52.6 Å². The van der Waals surface area contributed by atoms with Crippen LogP contribution in [0.25, 0.3) is 0 Å². The highest BCUT2D eigenvalue weighted by atomic mass is 32.2. The van der Waals surface area contributed by atoms with Gasteiger partial charge in [0, 0.05) is 11.7 Å². The number of nitrogens with two attached hydrogens (primary N) is 1. The Morgan fingerprint density at radius 2 is 1.62 bits per heavy atom. The van der Waals surface area contributed by atoms with Gasteiger partial charge in [-0.05, 0) is 45.4 Å². The molecule has 14 nitrogen and oxygen atoms in total. The van der Waals surface area contributed by atoms with Gasteiger partial charge in [0.1, 0.15) is 40.7 Å². The number of esters is 2. The summed E-state index contributed by atoms with van der Waals surface area (Å²) >= 11 is 1.28. The smallest absolute Gasteiger partial charge is 0.333 e. The topological polar surface area (TPSA) is 203 Å². The van der Waals surface area contributed by atoms with Crippen LogP contribution in [0, 0.1) is 0 Å². The van der Waals surface area contributed by atoms with Crippen LogP contribution in [0.15, 0.2) is 24.3 Å². The average Bonchev–Trinajstić information content (AvgIpc) is 3.22. The van der Waals surface area contributed by atoms with Crippen molar-refractivity contribution in [2.24, 2.45) is 5.73 Å². The number of β-lactam (4-membered cyclic amide) rings is 2. The number of aromatic hydroxyl groups is 1. The van der Waals surface area contributed by atoms with Gasteiger partial charge < -0.3 is 35.4 Å². The zero-order valence-electron chi connectivity index (χ0n) is 23.5. The predicted molar refractivity (Wildman–Crippen MR) is 147 cm³/mol. The van der Waals surface area contributed by atoms with Crippen LogP contribution in [0.5, 0.6) is 5.75 Å². The van der Waals surface area contributed by atoms with Gasteiger partial charge in [-0.1, -0.05) is 12.1 Å². The van der Waals surface area contributed by atoms with Crippen molar-refractivity contribution in [3.05, 3.63) is 29.8 Å². The van der Waals surface area contributed by atoms with Crippen molar-refractivity contribution in [3.8, 4) is 5.75 Å². The maximum Gasteiger partial charge on any atom is 0.333 e. The number of thioether (sulfide) groups is 1. The van der Waals surface area contributed by atoms with E-state index in [1.807, 2.05) is 0 Å². The minimum atomic E-state index is -3.83. The van der Waals surface area contributed by atoms with E-state index in [0.717, 1.165) is 4.90 Å². The molecule has 0 radical (unpaired) electrons. The summed E-state index contributed by atoms with van der Waals surface area (Å²) in [6, 6.07) is 1.26. The largest absolute Gasteiger partial charge is 0.508 e. The van der Waals surface area contributed by atoms with Crippen molar-refractivity contribution in [3.63, 3.8) is 0 Å².